The van der Waals surface area contributed by atoms with Gasteiger partial charge in [0.2, 0.25) is 0 Å². The van der Waals surface area contributed by atoms with Crippen molar-refractivity contribution in [3.8, 4) is 0 Å². The standard InChI is InChI=1S/C19H23N3O2S/c1-14-9-10-15(18(23)24-3)13-17(14)21-19(25)20-11-12-22(2)16-7-5-4-6-8-16/h4-10,13H,11-12H2,1-3H3,(H2,20,21,25). The average molecular weight is 357 g/mol. The number of aryl methyl sites for hydroxylation is 1. The number of thiocarbonyl (C=S) groups is 1. The number of carbonyl (C=O) groups is 1. The van der Waals surface area contributed by atoms with Crippen LogP contribution in [-0.4, -0.2) is 38.3 Å². The molecule has 2 aromatic carbocycles. The molecule has 0 aliphatic heterocycles. The zero-order valence-electron chi connectivity index (χ0n) is 14.7. The largest absolute Gasteiger partial charge is 0.465 e. The van der Waals surface area contributed by atoms with Gasteiger partial charge in [-0.05, 0) is 49.0 Å². The second-order valence-electron chi connectivity index (χ2n) is 5.66. The molecular formula is C19H23N3O2S. The van der Waals surface area contributed by atoms with Crippen LogP contribution in [0.4, 0.5) is 11.4 Å². The normalized spacial score (nSPS) is 10.0. The van der Waals surface area contributed by atoms with Gasteiger partial charge in [-0.1, -0.05) is 24.3 Å². The predicted octanol–water partition coefficient (Wildman–Crippen LogP) is 3.20. The minimum absolute atomic E-state index is 0.369. The van der Waals surface area contributed by atoms with Crippen LogP contribution in [0.25, 0.3) is 0 Å². The summed E-state index contributed by atoms with van der Waals surface area (Å²) < 4.78 is 4.75. The van der Waals surface area contributed by atoms with Gasteiger partial charge in [-0.3, -0.25) is 0 Å². The first-order chi connectivity index (χ1) is 12.0. The van der Waals surface area contributed by atoms with Crippen LogP contribution >= 0.6 is 12.2 Å². The van der Waals surface area contributed by atoms with E-state index in [1.165, 1.54) is 7.11 Å². The monoisotopic (exact) mass is 357 g/mol. The highest BCUT2D eigenvalue weighted by molar-refractivity contribution is 7.80. The van der Waals surface area contributed by atoms with Crippen LogP contribution in [-0.2, 0) is 4.74 Å². The Kier molecular flexibility index (Phi) is 6.77. The van der Waals surface area contributed by atoms with Crippen molar-refractivity contribution in [1.29, 1.82) is 0 Å². The second kappa shape index (κ2) is 9.03. The number of rotatable bonds is 6. The summed E-state index contributed by atoms with van der Waals surface area (Å²) in [4.78, 5) is 13.8. The van der Waals surface area contributed by atoms with E-state index in [2.05, 4.69) is 27.7 Å². The van der Waals surface area contributed by atoms with E-state index in [9.17, 15) is 4.79 Å². The van der Waals surface area contributed by atoms with Gasteiger partial charge in [-0.2, -0.15) is 0 Å². The van der Waals surface area contributed by atoms with Crippen LogP contribution in [0.5, 0.6) is 0 Å². The van der Waals surface area contributed by atoms with Crippen molar-refractivity contribution in [3.63, 3.8) is 0 Å². The Bertz CT molecular complexity index is 735. The third-order valence-corrected chi connectivity index (χ3v) is 4.08. The zero-order chi connectivity index (χ0) is 18.2. The van der Waals surface area contributed by atoms with Crippen molar-refractivity contribution >= 4 is 34.7 Å². The lowest BCUT2D eigenvalue weighted by atomic mass is 10.1. The van der Waals surface area contributed by atoms with Crippen LogP contribution < -0.4 is 15.5 Å². The van der Waals surface area contributed by atoms with E-state index in [4.69, 9.17) is 17.0 Å². The molecule has 0 fully saturated rings. The third kappa shape index (κ3) is 5.46. The lowest BCUT2D eigenvalue weighted by Crippen LogP contribution is -2.35. The fourth-order valence-corrected chi connectivity index (χ4v) is 2.53. The molecule has 2 aromatic rings. The molecule has 0 aliphatic rings. The number of nitrogens with one attached hydrogen (secondary N) is 2. The molecule has 0 bridgehead atoms. The first-order valence-corrected chi connectivity index (χ1v) is 8.42. The molecular weight excluding hydrogens is 334 g/mol. The van der Waals surface area contributed by atoms with E-state index in [1.54, 1.807) is 12.1 Å². The number of hydrogen-bond donors (Lipinski definition) is 2. The molecule has 0 saturated heterocycles. The minimum atomic E-state index is -0.369. The first kappa shape index (κ1) is 18.7. The zero-order valence-corrected chi connectivity index (χ0v) is 15.5. The van der Waals surface area contributed by atoms with Gasteiger partial charge < -0.3 is 20.3 Å². The molecule has 132 valence electrons. The Labute approximate surface area is 154 Å². The number of ether oxygens (including phenoxy) is 1. The van der Waals surface area contributed by atoms with E-state index in [0.29, 0.717) is 17.2 Å². The summed E-state index contributed by atoms with van der Waals surface area (Å²) >= 11 is 5.34. The van der Waals surface area contributed by atoms with Gasteiger partial charge in [-0.15, -0.1) is 0 Å². The molecule has 0 atom stereocenters. The van der Waals surface area contributed by atoms with Crippen LogP contribution in [0.1, 0.15) is 15.9 Å². The Hall–Kier alpha value is -2.60. The number of nitrogens with zero attached hydrogens (tertiary/aromatic N) is 1. The summed E-state index contributed by atoms with van der Waals surface area (Å²) in [6, 6.07) is 15.5. The summed E-state index contributed by atoms with van der Waals surface area (Å²) in [5.74, 6) is -0.369. The molecule has 0 amide bonds. The molecule has 0 aromatic heterocycles. The number of likely N-dealkylation sites (N-methyl/N-ethyl adjacent to an activating group) is 1. The van der Waals surface area contributed by atoms with Crippen molar-refractivity contribution in [2.75, 3.05) is 37.5 Å². The highest BCUT2D eigenvalue weighted by Gasteiger charge is 2.09. The summed E-state index contributed by atoms with van der Waals surface area (Å²) in [5.41, 5.74) is 3.43. The number of benzene rings is 2. The predicted molar refractivity (Wildman–Crippen MR) is 106 cm³/mol. The molecule has 6 heteroatoms. The number of anilines is 2. The topological polar surface area (TPSA) is 53.6 Å². The minimum Gasteiger partial charge on any atom is -0.465 e. The van der Waals surface area contributed by atoms with Crippen molar-refractivity contribution in [3.05, 3.63) is 59.7 Å². The highest BCUT2D eigenvalue weighted by atomic mass is 32.1. The van der Waals surface area contributed by atoms with Crippen LogP contribution in [0, 0.1) is 6.92 Å². The summed E-state index contributed by atoms with van der Waals surface area (Å²) in [5, 5.41) is 6.84. The van der Waals surface area contributed by atoms with Crippen molar-refractivity contribution in [2.24, 2.45) is 0 Å². The molecule has 0 saturated carbocycles. The number of methoxy groups -OCH3 is 1. The van der Waals surface area contributed by atoms with Gasteiger partial charge in [0, 0.05) is 31.5 Å². The number of esters is 1. The molecule has 25 heavy (non-hydrogen) atoms. The Morgan fingerprint density at radius 1 is 1.20 bits per heavy atom. The fourth-order valence-electron chi connectivity index (χ4n) is 2.32. The molecule has 0 heterocycles. The SMILES string of the molecule is COC(=O)c1ccc(C)c(NC(=S)NCCN(C)c2ccccc2)c1. The van der Waals surface area contributed by atoms with E-state index >= 15 is 0 Å². The quantitative estimate of drug-likeness (QED) is 0.612. The molecule has 0 spiro atoms. The Morgan fingerprint density at radius 3 is 2.60 bits per heavy atom. The van der Waals surface area contributed by atoms with Crippen molar-refractivity contribution < 1.29 is 9.53 Å². The highest BCUT2D eigenvalue weighted by Crippen LogP contribution is 2.17. The maximum Gasteiger partial charge on any atom is 0.337 e. The third-order valence-electron chi connectivity index (χ3n) is 3.84. The Morgan fingerprint density at radius 2 is 1.92 bits per heavy atom. The van der Waals surface area contributed by atoms with E-state index in [-0.39, 0.29) is 5.97 Å². The number of hydrogen-bond acceptors (Lipinski definition) is 4. The van der Waals surface area contributed by atoms with Gasteiger partial charge in [0.25, 0.3) is 0 Å². The van der Waals surface area contributed by atoms with E-state index in [1.807, 2.05) is 38.2 Å². The van der Waals surface area contributed by atoms with Crippen molar-refractivity contribution in [2.45, 2.75) is 6.92 Å². The maximum absolute atomic E-state index is 11.6. The lowest BCUT2D eigenvalue weighted by Gasteiger charge is -2.20. The molecule has 2 rings (SSSR count). The lowest BCUT2D eigenvalue weighted by molar-refractivity contribution is 0.0601. The fraction of sp³-hybridized carbons (Fsp3) is 0.263. The average Bonchev–Trinajstić information content (AvgIpc) is 2.63. The van der Waals surface area contributed by atoms with Crippen LogP contribution in [0.2, 0.25) is 0 Å². The molecule has 0 radical (unpaired) electrons. The number of para-hydroxylation sites is 1. The van der Waals surface area contributed by atoms with Gasteiger partial charge in [-0.25, -0.2) is 4.79 Å². The van der Waals surface area contributed by atoms with Crippen LogP contribution in [0.15, 0.2) is 48.5 Å². The summed E-state index contributed by atoms with van der Waals surface area (Å²) in [6.07, 6.45) is 0. The summed E-state index contributed by atoms with van der Waals surface area (Å²) in [6.45, 7) is 3.47. The molecule has 2 N–H and O–H groups in total. The first-order valence-electron chi connectivity index (χ1n) is 8.01. The van der Waals surface area contributed by atoms with Gasteiger partial charge in [0.1, 0.15) is 0 Å². The van der Waals surface area contributed by atoms with Gasteiger partial charge in [0.15, 0.2) is 5.11 Å². The van der Waals surface area contributed by atoms with Gasteiger partial charge in [0.05, 0.1) is 12.7 Å². The maximum atomic E-state index is 11.6. The molecule has 5 nitrogen and oxygen atoms in total. The van der Waals surface area contributed by atoms with Crippen LogP contribution in [0.3, 0.4) is 0 Å². The van der Waals surface area contributed by atoms with E-state index < -0.39 is 0 Å². The van der Waals surface area contributed by atoms with E-state index in [0.717, 1.165) is 23.5 Å². The smallest absolute Gasteiger partial charge is 0.337 e. The molecule has 0 aliphatic carbocycles. The second-order valence-corrected chi connectivity index (χ2v) is 6.07. The summed E-state index contributed by atoms with van der Waals surface area (Å²) in [7, 11) is 3.40. The Balaban J connectivity index is 1.87. The number of carbonyl (C=O) groups excluding carboxylic acids is 1. The van der Waals surface area contributed by atoms with Gasteiger partial charge >= 0.3 is 5.97 Å². The molecule has 0 unspecified atom stereocenters. The van der Waals surface area contributed by atoms with Crippen molar-refractivity contribution in [1.82, 2.24) is 5.32 Å².